The average Bonchev–Trinajstić information content (AvgIpc) is 2.48. The Morgan fingerprint density at radius 1 is 1.33 bits per heavy atom. The van der Waals surface area contributed by atoms with Gasteiger partial charge in [-0.2, -0.15) is 0 Å². The lowest BCUT2D eigenvalue weighted by Gasteiger charge is -2.05. The van der Waals surface area contributed by atoms with Crippen LogP contribution in [0.3, 0.4) is 0 Å². The number of amides is 1. The summed E-state index contributed by atoms with van der Waals surface area (Å²) >= 11 is 0. The van der Waals surface area contributed by atoms with Crippen LogP contribution in [0.5, 0.6) is 0 Å². The molecule has 2 aromatic rings. The number of hydrogen-bond acceptors (Lipinski definition) is 3. The average molecular weight is 284 g/mol. The van der Waals surface area contributed by atoms with Crippen molar-refractivity contribution in [2.75, 3.05) is 11.9 Å². The van der Waals surface area contributed by atoms with Crippen LogP contribution in [0.1, 0.15) is 22.5 Å². The third kappa shape index (κ3) is 4.41. The standard InChI is InChI=1S/C16H13FN2O2/c17-13-7-8-15(18-11-13)16(21)19-14-6-3-5-12(10-14)4-1-2-9-20/h3,5-8,10-11,20H,2,9H2,(H,19,21). The quantitative estimate of drug-likeness (QED) is 0.849. The zero-order chi connectivity index (χ0) is 15.1. The molecule has 5 heteroatoms. The minimum Gasteiger partial charge on any atom is -0.395 e. The molecule has 2 N–H and O–H groups in total. The number of hydrogen-bond donors (Lipinski definition) is 2. The van der Waals surface area contributed by atoms with Gasteiger partial charge in [-0.1, -0.05) is 17.9 Å². The highest BCUT2D eigenvalue weighted by atomic mass is 19.1. The molecule has 1 aromatic carbocycles. The maximum atomic E-state index is 12.8. The number of aromatic nitrogens is 1. The first-order valence-electron chi connectivity index (χ1n) is 6.32. The summed E-state index contributed by atoms with van der Waals surface area (Å²) in [5, 5.41) is 11.3. The molecule has 0 aliphatic heterocycles. The summed E-state index contributed by atoms with van der Waals surface area (Å²) in [5.41, 5.74) is 1.43. The number of nitrogens with one attached hydrogen (secondary N) is 1. The van der Waals surface area contributed by atoms with Crippen molar-refractivity contribution < 1.29 is 14.3 Å². The number of nitrogens with zero attached hydrogens (tertiary/aromatic N) is 1. The SMILES string of the molecule is O=C(Nc1cccc(C#CCCO)c1)c1ccc(F)cn1. The van der Waals surface area contributed by atoms with Crippen LogP contribution in [0.15, 0.2) is 42.6 Å². The van der Waals surface area contributed by atoms with Crippen molar-refractivity contribution in [3.63, 3.8) is 0 Å². The fraction of sp³-hybridized carbons (Fsp3) is 0.125. The molecular formula is C16H13FN2O2. The Morgan fingerprint density at radius 2 is 2.19 bits per heavy atom. The molecule has 2 rings (SSSR count). The van der Waals surface area contributed by atoms with E-state index in [1.807, 2.05) is 0 Å². The lowest BCUT2D eigenvalue weighted by molar-refractivity contribution is 0.102. The number of rotatable bonds is 3. The Bertz CT molecular complexity index is 687. The van der Waals surface area contributed by atoms with E-state index in [4.69, 9.17) is 5.11 Å². The molecule has 0 aliphatic carbocycles. The number of carbonyl (C=O) groups is 1. The van der Waals surface area contributed by atoms with Gasteiger partial charge in [-0.25, -0.2) is 9.37 Å². The van der Waals surface area contributed by atoms with Gasteiger partial charge in [0, 0.05) is 17.7 Å². The molecule has 0 aliphatic rings. The summed E-state index contributed by atoms with van der Waals surface area (Å²) in [4.78, 5) is 15.6. The normalized spacial score (nSPS) is 9.62. The Labute approximate surface area is 121 Å². The van der Waals surface area contributed by atoms with Crippen molar-refractivity contribution in [1.29, 1.82) is 0 Å². The lowest BCUT2D eigenvalue weighted by atomic mass is 10.2. The van der Waals surface area contributed by atoms with Crippen LogP contribution in [0, 0.1) is 17.7 Å². The molecule has 21 heavy (non-hydrogen) atoms. The molecule has 1 heterocycles. The van der Waals surface area contributed by atoms with Crippen LogP contribution < -0.4 is 5.32 Å². The molecule has 0 atom stereocenters. The van der Waals surface area contributed by atoms with Crippen molar-refractivity contribution in [3.05, 3.63) is 59.7 Å². The van der Waals surface area contributed by atoms with E-state index in [1.165, 1.54) is 12.1 Å². The predicted octanol–water partition coefficient (Wildman–Crippen LogP) is 2.21. The summed E-state index contributed by atoms with van der Waals surface area (Å²) < 4.78 is 12.8. The van der Waals surface area contributed by atoms with Crippen LogP contribution in [0.25, 0.3) is 0 Å². The van der Waals surface area contributed by atoms with Gasteiger partial charge in [-0.05, 0) is 30.3 Å². The van der Waals surface area contributed by atoms with Crippen molar-refractivity contribution in [1.82, 2.24) is 4.98 Å². The first-order valence-corrected chi connectivity index (χ1v) is 6.32. The molecule has 0 bridgehead atoms. The van der Waals surface area contributed by atoms with Gasteiger partial charge in [-0.15, -0.1) is 0 Å². The zero-order valence-corrected chi connectivity index (χ0v) is 11.1. The van der Waals surface area contributed by atoms with Crippen LogP contribution in [0.2, 0.25) is 0 Å². The van der Waals surface area contributed by atoms with Crippen molar-refractivity contribution in [2.24, 2.45) is 0 Å². The van der Waals surface area contributed by atoms with Crippen LogP contribution in [-0.2, 0) is 0 Å². The van der Waals surface area contributed by atoms with E-state index in [9.17, 15) is 9.18 Å². The van der Waals surface area contributed by atoms with Crippen LogP contribution in [-0.4, -0.2) is 22.6 Å². The van der Waals surface area contributed by atoms with Crippen LogP contribution >= 0.6 is 0 Å². The van der Waals surface area contributed by atoms with Gasteiger partial charge in [-0.3, -0.25) is 4.79 Å². The Balaban J connectivity index is 2.09. The molecule has 0 saturated heterocycles. The first-order chi connectivity index (χ1) is 10.2. The Kier molecular flexibility index (Phi) is 5.02. The highest BCUT2D eigenvalue weighted by Crippen LogP contribution is 2.11. The van der Waals surface area contributed by atoms with Crippen molar-refractivity contribution in [2.45, 2.75) is 6.42 Å². The Morgan fingerprint density at radius 3 is 2.90 bits per heavy atom. The fourth-order valence-electron chi connectivity index (χ4n) is 1.60. The van der Waals surface area contributed by atoms with Gasteiger partial charge >= 0.3 is 0 Å². The number of benzene rings is 1. The Hall–Kier alpha value is -2.71. The maximum Gasteiger partial charge on any atom is 0.274 e. The number of anilines is 1. The van der Waals surface area contributed by atoms with Crippen LogP contribution in [0.4, 0.5) is 10.1 Å². The molecule has 106 valence electrons. The second kappa shape index (κ2) is 7.17. The van der Waals surface area contributed by atoms with Gasteiger partial charge in [0.15, 0.2) is 0 Å². The molecule has 0 radical (unpaired) electrons. The highest BCUT2D eigenvalue weighted by molar-refractivity contribution is 6.02. The summed E-state index contributed by atoms with van der Waals surface area (Å²) in [6.45, 7) is 0.0136. The fourth-order valence-corrected chi connectivity index (χ4v) is 1.60. The van der Waals surface area contributed by atoms with E-state index in [1.54, 1.807) is 24.3 Å². The molecule has 0 unspecified atom stereocenters. The molecular weight excluding hydrogens is 271 g/mol. The summed E-state index contributed by atoms with van der Waals surface area (Å²) in [6, 6.07) is 9.49. The van der Waals surface area contributed by atoms with Gasteiger partial charge in [0.05, 0.1) is 12.8 Å². The van der Waals surface area contributed by atoms with E-state index in [0.717, 1.165) is 11.8 Å². The van der Waals surface area contributed by atoms with Gasteiger partial charge in [0.2, 0.25) is 0 Å². The second-order valence-corrected chi connectivity index (χ2v) is 4.17. The third-order valence-corrected chi connectivity index (χ3v) is 2.55. The first kappa shape index (κ1) is 14.7. The number of carbonyl (C=O) groups excluding carboxylic acids is 1. The zero-order valence-electron chi connectivity index (χ0n) is 11.1. The van der Waals surface area contributed by atoms with Gasteiger partial charge < -0.3 is 10.4 Å². The smallest absolute Gasteiger partial charge is 0.274 e. The predicted molar refractivity (Wildman–Crippen MR) is 77.2 cm³/mol. The lowest BCUT2D eigenvalue weighted by Crippen LogP contribution is -2.13. The minimum atomic E-state index is -0.493. The molecule has 1 amide bonds. The summed E-state index contributed by atoms with van der Waals surface area (Å²) in [7, 11) is 0. The number of pyridine rings is 1. The second-order valence-electron chi connectivity index (χ2n) is 4.17. The van der Waals surface area contributed by atoms with E-state index in [0.29, 0.717) is 12.1 Å². The summed E-state index contributed by atoms with van der Waals surface area (Å²) in [6.07, 6.45) is 1.39. The number of halogens is 1. The molecule has 1 aromatic heterocycles. The maximum absolute atomic E-state index is 12.8. The van der Waals surface area contributed by atoms with E-state index >= 15 is 0 Å². The molecule has 0 fully saturated rings. The number of aliphatic hydroxyl groups excluding tert-OH is 1. The topological polar surface area (TPSA) is 62.2 Å². The van der Waals surface area contributed by atoms with E-state index in [2.05, 4.69) is 22.1 Å². The summed E-state index contributed by atoms with van der Waals surface area (Å²) in [5.74, 6) is 4.77. The molecule has 0 spiro atoms. The molecule has 4 nitrogen and oxygen atoms in total. The molecule has 0 saturated carbocycles. The largest absolute Gasteiger partial charge is 0.395 e. The van der Waals surface area contributed by atoms with Crippen molar-refractivity contribution in [3.8, 4) is 11.8 Å². The monoisotopic (exact) mass is 284 g/mol. The van der Waals surface area contributed by atoms with Crippen molar-refractivity contribution >= 4 is 11.6 Å². The van der Waals surface area contributed by atoms with Gasteiger partial charge in [0.1, 0.15) is 11.5 Å². The third-order valence-electron chi connectivity index (χ3n) is 2.55. The van der Waals surface area contributed by atoms with Gasteiger partial charge in [0.25, 0.3) is 5.91 Å². The van der Waals surface area contributed by atoms with E-state index in [-0.39, 0.29) is 12.3 Å². The van der Waals surface area contributed by atoms with E-state index < -0.39 is 11.7 Å². The highest BCUT2D eigenvalue weighted by Gasteiger charge is 2.07. The minimum absolute atomic E-state index is 0.0136. The number of aliphatic hydroxyl groups is 1.